The van der Waals surface area contributed by atoms with Crippen LogP contribution in [0, 0.1) is 5.92 Å². The molecule has 1 aromatic carbocycles. The molecule has 0 radical (unpaired) electrons. The van der Waals surface area contributed by atoms with Gasteiger partial charge in [0, 0.05) is 24.3 Å². The zero-order valence-corrected chi connectivity index (χ0v) is 10.7. The van der Waals surface area contributed by atoms with Crippen LogP contribution in [0.25, 0.3) is 0 Å². The molecule has 0 amide bonds. The quantitative estimate of drug-likeness (QED) is 0.763. The number of carbonyl (C=O) groups excluding carboxylic acids is 1. The molecule has 104 valence electrons. The number of halogens is 3. The molecule has 0 spiro atoms. The van der Waals surface area contributed by atoms with Crippen LogP contribution in [0.4, 0.5) is 18.9 Å². The van der Waals surface area contributed by atoms with Crippen molar-refractivity contribution in [3.63, 3.8) is 0 Å². The minimum absolute atomic E-state index is 0.255. The summed E-state index contributed by atoms with van der Waals surface area (Å²) in [5.41, 5.74) is -0.607. The molecule has 5 heteroatoms. The van der Waals surface area contributed by atoms with Crippen LogP contribution >= 0.6 is 0 Å². The number of alkyl halides is 3. The lowest BCUT2D eigenvalue weighted by atomic mass is 9.99. The standard InChI is InChI=1S/C14H16F3NO/c1-10-3-2-6-18(8-10)12-5-4-11(9-19)13(7-12)14(15,16)17/h4-5,7,9-10H,2-3,6,8H2,1H3. The lowest BCUT2D eigenvalue weighted by molar-refractivity contribution is -0.137. The Morgan fingerprint density at radius 2 is 2.11 bits per heavy atom. The number of anilines is 1. The summed E-state index contributed by atoms with van der Waals surface area (Å²) < 4.78 is 38.6. The van der Waals surface area contributed by atoms with Crippen LogP contribution < -0.4 is 4.90 Å². The Hall–Kier alpha value is -1.52. The highest BCUT2D eigenvalue weighted by Crippen LogP contribution is 2.35. The fourth-order valence-electron chi connectivity index (χ4n) is 2.51. The van der Waals surface area contributed by atoms with Gasteiger partial charge in [-0.3, -0.25) is 4.79 Å². The number of aldehydes is 1. The first-order chi connectivity index (χ1) is 8.91. The van der Waals surface area contributed by atoms with Gasteiger partial charge in [-0.05, 0) is 37.0 Å². The molecule has 1 unspecified atom stereocenters. The second kappa shape index (κ2) is 5.23. The van der Waals surface area contributed by atoms with E-state index in [2.05, 4.69) is 6.92 Å². The summed E-state index contributed by atoms with van der Waals surface area (Å²) in [4.78, 5) is 12.7. The Balaban J connectivity index is 2.35. The van der Waals surface area contributed by atoms with Crippen molar-refractivity contribution < 1.29 is 18.0 Å². The molecule has 0 aliphatic carbocycles. The molecule has 1 heterocycles. The number of benzene rings is 1. The van der Waals surface area contributed by atoms with E-state index < -0.39 is 11.7 Å². The van der Waals surface area contributed by atoms with Crippen LogP contribution in [0.1, 0.15) is 35.7 Å². The average molecular weight is 271 g/mol. The van der Waals surface area contributed by atoms with E-state index in [-0.39, 0.29) is 11.8 Å². The van der Waals surface area contributed by atoms with Gasteiger partial charge in [0.05, 0.1) is 5.56 Å². The van der Waals surface area contributed by atoms with Gasteiger partial charge in [-0.2, -0.15) is 13.2 Å². The van der Waals surface area contributed by atoms with E-state index in [1.165, 1.54) is 6.07 Å². The van der Waals surface area contributed by atoms with Crippen molar-refractivity contribution in [1.29, 1.82) is 0 Å². The summed E-state index contributed by atoms with van der Waals surface area (Å²) in [5, 5.41) is 0. The van der Waals surface area contributed by atoms with E-state index in [0.717, 1.165) is 32.0 Å². The highest BCUT2D eigenvalue weighted by atomic mass is 19.4. The van der Waals surface area contributed by atoms with Crippen LogP contribution in [-0.2, 0) is 6.18 Å². The SMILES string of the molecule is CC1CCCN(c2ccc(C=O)c(C(F)(F)F)c2)C1. The Labute approximate surface area is 110 Å². The highest BCUT2D eigenvalue weighted by Gasteiger charge is 2.34. The number of rotatable bonds is 2. The van der Waals surface area contributed by atoms with Crippen LogP contribution in [0.15, 0.2) is 18.2 Å². The molecule has 1 fully saturated rings. The van der Waals surface area contributed by atoms with Gasteiger partial charge in [0.1, 0.15) is 0 Å². The van der Waals surface area contributed by atoms with Gasteiger partial charge in [-0.25, -0.2) is 0 Å². The molecular weight excluding hydrogens is 255 g/mol. The first kappa shape index (κ1) is 13.9. The third-order valence-electron chi connectivity index (χ3n) is 3.49. The average Bonchev–Trinajstić information content (AvgIpc) is 2.37. The normalized spacial score (nSPS) is 20.4. The minimum Gasteiger partial charge on any atom is -0.371 e. The van der Waals surface area contributed by atoms with Gasteiger partial charge < -0.3 is 4.90 Å². The highest BCUT2D eigenvalue weighted by molar-refractivity contribution is 5.79. The van der Waals surface area contributed by atoms with E-state index in [1.54, 1.807) is 6.07 Å². The first-order valence-electron chi connectivity index (χ1n) is 6.33. The molecule has 0 saturated carbocycles. The van der Waals surface area contributed by atoms with E-state index in [1.807, 2.05) is 4.90 Å². The zero-order valence-electron chi connectivity index (χ0n) is 10.7. The van der Waals surface area contributed by atoms with Gasteiger partial charge in [-0.1, -0.05) is 6.92 Å². The summed E-state index contributed by atoms with van der Waals surface area (Å²) in [6.45, 7) is 3.62. The van der Waals surface area contributed by atoms with Crippen molar-refractivity contribution in [3.05, 3.63) is 29.3 Å². The van der Waals surface area contributed by atoms with Crippen molar-refractivity contribution in [2.75, 3.05) is 18.0 Å². The predicted molar refractivity (Wildman–Crippen MR) is 67.4 cm³/mol. The van der Waals surface area contributed by atoms with Gasteiger partial charge in [0.25, 0.3) is 0 Å². The summed E-state index contributed by atoms with van der Waals surface area (Å²) in [6, 6.07) is 3.93. The lowest BCUT2D eigenvalue weighted by Crippen LogP contribution is -2.34. The second-order valence-electron chi connectivity index (χ2n) is 5.08. The molecule has 1 aromatic rings. The number of hydrogen-bond acceptors (Lipinski definition) is 2. The van der Waals surface area contributed by atoms with E-state index in [4.69, 9.17) is 0 Å². The number of piperidine rings is 1. The summed E-state index contributed by atoms with van der Waals surface area (Å²) >= 11 is 0. The molecule has 0 N–H and O–H groups in total. The zero-order chi connectivity index (χ0) is 14.0. The third-order valence-corrected chi connectivity index (χ3v) is 3.49. The summed E-state index contributed by atoms with van der Waals surface area (Å²) in [7, 11) is 0. The Morgan fingerprint density at radius 1 is 1.37 bits per heavy atom. The predicted octanol–water partition coefficient (Wildman–Crippen LogP) is 3.75. The molecule has 0 bridgehead atoms. The Bertz CT molecular complexity index is 470. The van der Waals surface area contributed by atoms with Gasteiger partial charge >= 0.3 is 6.18 Å². The smallest absolute Gasteiger partial charge is 0.371 e. The number of hydrogen-bond donors (Lipinski definition) is 0. The van der Waals surface area contributed by atoms with E-state index in [9.17, 15) is 18.0 Å². The molecule has 0 aromatic heterocycles. The Morgan fingerprint density at radius 3 is 2.68 bits per heavy atom. The van der Waals surface area contributed by atoms with Crippen molar-refractivity contribution >= 4 is 12.0 Å². The maximum Gasteiger partial charge on any atom is 0.417 e. The van der Waals surface area contributed by atoms with E-state index in [0.29, 0.717) is 11.6 Å². The fourth-order valence-corrected chi connectivity index (χ4v) is 2.51. The topological polar surface area (TPSA) is 20.3 Å². The van der Waals surface area contributed by atoms with Crippen LogP contribution in [0.5, 0.6) is 0 Å². The molecular formula is C14H16F3NO. The van der Waals surface area contributed by atoms with Crippen LogP contribution in [0.3, 0.4) is 0 Å². The summed E-state index contributed by atoms with van der Waals surface area (Å²) in [5.74, 6) is 0.480. The van der Waals surface area contributed by atoms with Gasteiger partial charge in [0.2, 0.25) is 0 Å². The minimum atomic E-state index is -4.49. The third kappa shape index (κ3) is 3.08. The van der Waals surface area contributed by atoms with Crippen LogP contribution in [0.2, 0.25) is 0 Å². The summed E-state index contributed by atoms with van der Waals surface area (Å²) in [6.07, 6.45) is -2.15. The lowest BCUT2D eigenvalue weighted by Gasteiger charge is -2.33. The first-order valence-corrected chi connectivity index (χ1v) is 6.33. The molecule has 1 aliphatic heterocycles. The maximum atomic E-state index is 12.9. The molecule has 19 heavy (non-hydrogen) atoms. The molecule has 1 atom stereocenters. The monoisotopic (exact) mass is 271 g/mol. The van der Waals surface area contributed by atoms with Crippen molar-refractivity contribution in [2.45, 2.75) is 25.9 Å². The maximum absolute atomic E-state index is 12.9. The number of nitrogens with zero attached hydrogens (tertiary/aromatic N) is 1. The van der Waals surface area contributed by atoms with Crippen molar-refractivity contribution in [2.24, 2.45) is 5.92 Å². The second-order valence-corrected chi connectivity index (χ2v) is 5.08. The molecule has 2 rings (SSSR count). The van der Waals surface area contributed by atoms with E-state index >= 15 is 0 Å². The fraction of sp³-hybridized carbons (Fsp3) is 0.500. The largest absolute Gasteiger partial charge is 0.417 e. The van der Waals surface area contributed by atoms with Crippen molar-refractivity contribution in [1.82, 2.24) is 0 Å². The number of carbonyl (C=O) groups is 1. The van der Waals surface area contributed by atoms with Crippen molar-refractivity contribution in [3.8, 4) is 0 Å². The molecule has 1 saturated heterocycles. The van der Waals surface area contributed by atoms with Gasteiger partial charge in [-0.15, -0.1) is 0 Å². The van der Waals surface area contributed by atoms with Crippen LogP contribution in [-0.4, -0.2) is 19.4 Å². The molecule has 1 aliphatic rings. The Kier molecular flexibility index (Phi) is 3.83. The van der Waals surface area contributed by atoms with Gasteiger partial charge in [0.15, 0.2) is 6.29 Å². The molecule has 2 nitrogen and oxygen atoms in total.